The van der Waals surface area contributed by atoms with Gasteiger partial charge in [-0.2, -0.15) is 0 Å². The fraction of sp³-hybridized carbons (Fsp3) is 0.333. The lowest BCUT2D eigenvalue weighted by Gasteiger charge is -2.19. The maximum Gasteiger partial charge on any atom is 0.412 e. The Hall–Kier alpha value is -5.50. The van der Waals surface area contributed by atoms with Crippen molar-refractivity contribution in [3.63, 3.8) is 0 Å². The van der Waals surface area contributed by atoms with E-state index in [1.807, 2.05) is 18.8 Å². The minimum Gasteiger partial charge on any atom is -0.444 e. The van der Waals surface area contributed by atoms with E-state index in [1.165, 1.54) is 71.8 Å². The summed E-state index contributed by atoms with van der Waals surface area (Å²) in [5.74, 6) is 0. The van der Waals surface area contributed by atoms with Crippen molar-refractivity contribution < 1.29 is 37.3 Å². The van der Waals surface area contributed by atoms with Crippen LogP contribution in [0.1, 0.15) is 41.5 Å². The highest BCUT2D eigenvalue weighted by Crippen LogP contribution is 2.24. The number of nitrogens with one attached hydrogen (secondary N) is 2. The first-order valence-electron chi connectivity index (χ1n) is 20.2. The second-order valence-electron chi connectivity index (χ2n) is 15.2. The van der Waals surface area contributed by atoms with E-state index < -0.39 is 43.1 Å². The Morgan fingerprint density at radius 3 is 1.26 bits per heavy atom. The molecule has 0 aromatic carbocycles. The third-order valence-corrected chi connectivity index (χ3v) is 12.0. The van der Waals surface area contributed by atoms with Gasteiger partial charge >= 0.3 is 23.6 Å². The molecule has 0 unspecified atom stereocenters. The summed E-state index contributed by atoms with van der Waals surface area (Å²) < 4.78 is 34.0. The number of aromatic nitrogens is 12. The summed E-state index contributed by atoms with van der Waals surface area (Å²) in [5, 5.41) is 27.4. The molecule has 0 aliphatic carbocycles. The van der Waals surface area contributed by atoms with Crippen molar-refractivity contribution >= 4 is 163 Å². The van der Waals surface area contributed by atoms with E-state index in [-0.39, 0.29) is 32.1 Å². The lowest BCUT2D eigenvalue weighted by molar-refractivity contribution is -0.385. The van der Waals surface area contributed by atoms with Crippen LogP contribution in [0, 0.1) is 20.2 Å². The highest BCUT2D eigenvalue weighted by atomic mass is 79.9. The lowest BCUT2D eigenvalue weighted by Crippen LogP contribution is -2.27. The predicted molar refractivity (Wildman–Crippen MR) is 302 cm³/mol. The molecule has 6 N–H and O–H groups in total. The molecule has 0 saturated heterocycles. The van der Waals surface area contributed by atoms with E-state index >= 15 is 0 Å². The number of carbonyl (C=O) groups is 2. The number of nitrogens with two attached hydrogens (primary N) is 2. The number of thioether (sulfide) groups is 4. The predicted octanol–water partition coefficient (Wildman–Crippen LogP) is 9.77. The van der Waals surface area contributed by atoms with E-state index in [1.54, 1.807) is 66.4 Å². The third kappa shape index (κ3) is 29.1. The summed E-state index contributed by atoms with van der Waals surface area (Å²) in [4.78, 5) is 87.8. The molecule has 0 aliphatic rings. The van der Waals surface area contributed by atoms with Crippen molar-refractivity contribution in [1.82, 2.24) is 59.8 Å². The largest absolute Gasteiger partial charge is 0.444 e. The van der Waals surface area contributed by atoms with Gasteiger partial charge in [0.25, 0.3) is 0 Å². The third-order valence-electron chi connectivity index (χ3n) is 6.81. The normalized spacial score (nSPS) is 10.5. The average molecular weight is 1360 g/mol. The van der Waals surface area contributed by atoms with Crippen molar-refractivity contribution in [2.75, 3.05) is 53.4 Å². The van der Waals surface area contributed by atoms with Crippen molar-refractivity contribution in [2.24, 2.45) is 0 Å². The molecule has 76 heavy (non-hydrogen) atoms. The number of carbonyl (C=O) groups excluding carboxylic acids is 2. The number of hydrogen-bond acceptors (Lipinski definition) is 28. The number of halogens is 4. The van der Waals surface area contributed by atoms with E-state index in [2.05, 4.69) is 118 Å². The number of nitrogen functional groups attached to an aromatic ring is 2. The van der Waals surface area contributed by atoms with Gasteiger partial charge < -0.3 is 20.9 Å². The van der Waals surface area contributed by atoms with Crippen LogP contribution in [0.15, 0.2) is 95.4 Å². The molecule has 0 saturated carbocycles. The number of nitrogens with zero attached hydrogens (tertiary/aromatic N) is 14. The number of amides is 2. The molecule has 0 bridgehead atoms. The molecule has 0 spiro atoms. The Bertz CT molecular complexity index is 2960. The summed E-state index contributed by atoms with van der Waals surface area (Å²) in [6.07, 6.45) is 19.3. The van der Waals surface area contributed by atoms with Gasteiger partial charge in [-0.3, -0.25) is 30.9 Å². The zero-order chi connectivity index (χ0) is 58.0. The SMILES string of the molecule is CC(C)(C)OC(=O)Nc1cnc(S(C)(=O)=O)nc1Br.CSc1ncc(N)c(Br)n1.CSc1ncc(N)cn1.CSc1ncc(NC(=O)OC(C)(C)C)c(Br)n1.CSc1ncc([N+](=O)[O-])cn1.O=[N+]([O-])c1cnc(Cl)nc1. The van der Waals surface area contributed by atoms with Crippen LogP contribution in [0.3, 0.4) is 0 Å². The molecule has 28 nitrogen and oxygen atoms in total. The summed E-state index contributed by atoms with van der Waals surface area (Å²) in [6.45, 7) is 10.6. The second-order valence-corrected chi connectivity index (χ2v) is 22.8. The highest BCUT2D eigenvalue weighted by Gasteiger charge is 2.20. The van der Waals surface area contributed by atoms with Crippen molar-refractivity contribution in [2.45, 2.75) is 78.5 Å². The Balaban J connectivity index is 0.000000467. The first-order valence-corrected chi connectivity index (χ1v) is 29.7. The van der Waals surface area contributed by atoms with Crippen LogP contribution < -0.4 is 22.1 Å². The Morgan fingerprint density at radius 2 is 0.921 bits per heavy atom. The molecule has 0 atom stereocenters. The van der Waals surface area contributed by atoms with Crippen LogP contribution in [-0.4, -0.2) is 133 Å². The van der Waals surface area contributed by atoms with Gasteiger partial charge in [-0.25, -0.2) is 77.8 Å². The smallest absolute Gasteiger partial charge is 0.412 e. The number of ether oxygens (including phenoxy) is 2. The standard InChI is InChI=1S/C10H14BrN3O4S.C10H14BrN3O2S.C5H6BrN3S.C5H5N3O2S.C5H7N3S.C4H2ClN3O2/c1-10(2,3)18-9(15)13-6-5-12-8(14-7(6)11)19(4,16)17;1-10(2,3)16-9(15)13-6-5-12-8(17-4)14-7(6)11;1-10-5-8-2-3(7)4(6)9-5;1-11-5-6-2-4(3-7-5)8(9)10;1-9-5-7-2-4(6)3-8-5;5-4-6-1-3(2-7-4)8(9)10/h5H,1-4H3,(H,13,15);5H,1-4H3,(H,13,15);2H,7H2,1H3;2-3H,1H3;2-3H,6H2,1H3;1-2H. The molecular weight excluding hydrogens is 1320 g/mol. The monoisotopic (exact) mass is 1360 g/mol. The molecule has 412 valence electrons. The molecule has 6 aromatic rings. The summed E-state index contributed by atoms with van der Waals surface area (Å²) in [6, 6.07) is 0. The molecule has 6 heterocycles. The maximum atomic E-state index is 11.5. The second kappa shape index (κ2) is 33.6. The minimum absolute atomic E-state index is 0.00519. The molecule has 2 amide bonds. The quantitative estimate of drug-likeness (QED) is 0.0344. The minimum atomic E-state index is -3.50. The van der Waals surface area contributed by atoms with Gasteiger partial charge in [0.15, 0.2) is 20.6 Å². The molecule has 6 aromatic heterocycles. The van der Waals surface area contributed by atoms with Gasteiger partial charge in [0.1, 0.15) is 49.8 Å². The van der Waals surface area contributed by atoms with Crippen molar-refractivity contribution in [1.29, 1.82) is 0 Å². The Kier molecular flexibility index (Phi) is 30.3. The van der Waals surface area contributed by atoms with Crippen LogP contribution in [0.5, 0.6) is 0 Å². The van der Waals surface area contributed by atoms with Crippen molar-refractivity contribution in [3.05, 3.63) is 95.1 Å². The summed E-state index contributed by atoms with van der Waals surface area (Å²) in [7, 11) is -3.50. The van der Waals surface area contributed by atoms with Gasteiger partial charge in [-0.05, 0) is 126 Å². The molecular formula is C39H48Br3ClN18O10S5. The van der Waals surface area contributed by atoms with E-state index in [0.29, 0.717) is 36.6 Å². The molecule has 37 heteroatoms. The van der Waals surface area contributed by atoms with Crippen LogP contribution in [0.2, 0.25) is 5.28 Å². The van der Waals surface area contributed by atoms with Gasteiger partial charge in [0.2, 0.25) is 20.3 Å². The van der Waals surface area contributed by atoms with Crippen molar-refractivity contribution in [3.8, 4) is 0 Å². The molecule has 0 fully saturated rings. The number of sulfone groups is 1. The topological polar surface area (TPSA) is 404 Å². The van der Waals surface area contributed by atoms with Gasteiger partial charge in [0.05, 0.1) is 63.6 Å². The van der Waals surface area contributed by atoms with E-state index in [4.69, 9.17) is 32.5 Å². The molecule has 6 rings (SSSR count). The fourth-order valence-corrected chi connectivity index (χ4v) is 7.03. The number of rotatable bonds is 9. The molecule has 0 radical (unpaired) electrons. The van der Waals surface area contributed by atoms with Crippen LogP contribution >= 0.6 is 106 Å². The fourth-order valence-electron chi connectivity index (χ4n) is 3.76. The summed E-state index contributed by atoms with van der Waals surface area (Å²) in [5.41, 5.74) is 11.3. The lowest BCUT2D eigenvalue weighted by atomic mass is 10.2. The van der Waals surface area contributed by atoms with Gasteiger partial charge in [-0.1, -0.05) is 47.0 Å². The first kappa shape index (κ1) is 68.5. The maximum absolute atomic E-state index is 11.5. The van der Waals surface area contributed by atoms with Gasteiger partial charge in [-0.15, -0.1) is 0 Å². The zero-order valence-corrected chi connectivity index (χ0v) is 51.3. The number of anilines is 4. The summed E-state index contributed by atoms with van der Waals surface area (Å²) >= 11 is 20.5. The average Bonchev–Trinajstić information content (AvgIpc) is 3.33. The van der Waals surface area contributed by atoms with E-state index in [9.17, 15) is 38.2 Å². The van der Waals surface area contributed by atoms with Crippen LogP contribution in [0.25, 0.3) is 0 Å². The Morgan fingerprint density at radius 1 is 0.579 bits per heavy atom. The van der Waals surface area contributed by atoms with Crippen LogP contribution in [0.4, 0.5) is 43.7 Å². The number of nitro groups is 2. The van der Waals surface area contributed by atoms with Gasteiger partial charge in [0, 0.05) is 6.26 Å². The number of hydrogen-bond donors (Lipinski definition) is 4. The zero-order valence-electron chi connectivity index (χ0n) is 41.7. The van der Waals surface area contributed by atoms with Crippen LogP contribution in [-0.2, 0) is 19.3 Å². The van der Waals surface area contributed by atoms with E-state index in [0.717, 1.165) is 29.0 Å². The Labute approximate surface area is 483 Å². The highest BCUT2D eigenvalue weighted by molar-refractivity contribution is 9.11. The molecule has 0 aliphatic heterocycles. The first-order chi connectivity index (χ1) is 35.3.